The van der Waals surface area contributed by atoms with E-state index in [-0.39, 0.29) is 12.5 Å². The van der Waals surface area contributed by atoms with Gasteiger partial charge in [-0.3, -0.25) is 9.59 Å². The molecule has 0 unspecified atom stereocenters. The van der Waals surface area contributed by atoms with Gasteiger partial charge in [-0.1, -0.05) is 30.3 Å². The van der Waals surface area contributed by atoms with E-state index in [9.17, 15) is 14.7 Å². The van der Waals surface area contributed by atoms with E-state index >= 15 is 0 Å². The number of carbonyl (C=O) groups excluding carboxylic acids is 1. The number of amides is 1. The zero-order valence-electron chi connectivity index (χ0n) is 12.1. The van der Waals surface area contributed by atoms with Crippen molar-refractivity contribution in [3.8, 4) is 0 Å². The van der Waals surface area contributed by atoms with Crippen LogP contribution in [-0.2, 0) is 16.0 Å². The molecule has 0 aromatic heterocycles. The number of hydrogen-bond donors (Lipinski definition) is 2. The highest BCUT2D eigenvalue weighted by Gasteiger charge is 2.19. The summed E-state index contributed by atoms with van der Waals surface area (Å²) in [4.78, 5) is 22.9. The monoisotopic (exact) mass is 275 g/mol. The van der Waals surface area contributed by atoms with Gasteiger partial charge in [0.2, 0.25) is 5.91 Å². The SMILES string of the molecule is C/C=C(\C)C(=O)NC[C@H](Cc1ccccc1C)C(=O)O. The first kappa shape index (κ1) is 16.0. The Morgan fingerprint density at radius 1 is 1.35 bits per heavy atom. The first-order valence-electron chi connectivity index (χ1n) is 6.64. The summed E-state index contributed by atoms with van der Waals surface area (Å²) >= 11 is 0. The Morgan fingerprint density at radius 2 is 2.00 bits per heavy atom. The van der Waals surface area contributed by atoms with Crippen LogP contribution in [0.25, 0.3) is 0 Å². The zero-order valence-corrected chi connectivity index (χ0v) is 12.1. The molecule has 1 aromatic rings. The van der Waals surface area contributed by atoms with E-state index in [1.807, 2.05) is 31.2 Å². The average Bonchev–Trinajstić information content (AvgIpc) is 2.43. The average molecular weight is 275 g/mol. The third-order valence-electron chi connectivity index (χ3n) is 3.38. The highest BCUT2D eigenvalue weighted by atomic mass is 16.4. The van der Waals surface area contributed by atoms with Crippen molar-refractivity contribution < 1.29 is 14.7 Å². The van der Waals surface area contributed by atoms with Gasteiger partial charge < -0.3 is 10.4 Å². The lowest BCUT2D eigenvalue weighted by atomic mass is 9.96. The largest absolute Gasteiger partial charge is 0.481 e. The van der Waals surface area contributed by atoms with Gasteiger partial charge in [-0.15, -0.1) is 0 Å². The summed E-state index contributed by atoms with van der Waals surface area (Å²) in [5, 5.41) is 11.9. The van der Waals surface area contributed by atoms with Crippen molar-refractivity contribution in [3.63, 3.8) is 0 Å². The number of rotatable bonds is 6. The molecule has 0 saturated carbocycles. The number of carboxylic acid groups (broad SMARTS) is 1. The highest BCUT2D eigenvalue weighted by Crippen LogP contribution is 2.13. The summed E-state index contributed by atoms with van der Waals surface area (Å²) in [5.41, 5.74) is 2.65. The summed E-state index contributed by atoms with van der Waals surface area (Å²) < 4.78 is 0. The molecular formula is C16H21NO3. The van der Waals surface area contributed by atoms with Crippen LogP contribution in [0, 0.1) is 12.8 Å². The lowest BCUT2D eigenvalue weighted by Gasteiger charge is -2.15. The number of carbonyl (C=O) groups is 2. The van der Waals surface area contributed by atoms with Gasteiger partial charge in [0.1, 0.15) is 0 Å². The second-order valence-corrected chi connectivity index (χ2v) is 4.85. The van der Waals surface area contributed by atoms with E-state index in [0.717, 1.165) is 11.1 Å². The van der Waals surface area contributed by atoms with Gasteiger partial charge in [0.05, 0.1) is 5.92 Å². The third-order valence-corrected chi connectivity index (χ3v) is 3.38. The molecule has 4 nitrogen and oxygen atoms in total. The molecule has 108 valence electrons. The van der Waals surface area contributed by atoms with Crippen molar-refractivity contribution in [3.05, 3.63) is 47.0 Å². The number of nitrogens with one attached hydrogen (secondary N) is 1. The summed E-state index contributed by atoms with van der Waals surface area (Å²) in [6, 6.07) is 7.69. The van der Waals surface area contributed by atoms with E-state index in [2.05, 4.69) is 5.32 Å². The van der Waals surface area contributed by atoms with Crippen LogP contribution in [0.1, 0.15) is 25.0 Å². The van der Waals surface area contributed by atoms with Gasteiger partial charge in [0, 0.05) is 12.1 Å². The molecule has 0 radical (unpaired) electrons. The predicted molar refractivity (Wildman–Crippen MR) is 78.4 cm³/mol. The lowest BCUT2D eigenvalue weighted by molar-refractivity contribution is -0.141. The smallest absolute Gasteiger partial charge is 0.308 e. The maximum absolute atomic E-state index is 11.6. The minimum atomic E-state index is -0.897. The lowest BCUT2D eigenvalue weighted by Crippen LogP contribution is -2.34. The Bertz CT molecular complexity index is 520. The van der Waals surface area contributed by atoms with Crippen LogP contribution in [0.15, 0.2) is 35.9 Å². The summed E-state index contributed by atoms with van der Waals surface area (Å²) in [6.45, 7) is 5.56. The molecule has 4 heteroatoms. The van der Waals surface area contributed by atoms with Gasteiger partial charge in [-0.2, -0.15) is 0 Å². The van der Waals surface area contributed by atoms with E-state index < -0.39 is 11.9 Å². The first-order chi connectivity index (χ1) is 9.45. The number of hydrogen-bond acceptors (Lipinski definition) is 2. The molecule has 0 heterocycles. The number of aryl methyl sites for hydroxylation is 1. The van der Waals surface area contributed by atoms with Crippen LogP contribution in [0.4, 0.5) is 0 Å². The van der Waals surface area contributed by atoms with Gasteiger partial charge >= 0.3 is 5.97 Å². The molecule has 0 saturated heterocycles. The van der Waals surface area contributed by atoms with E-state index in [0.29, 0.717) is 12.0 Å². The van der Waals surface area contributed by atoms with Crippen LogP contribution < -0.4 is 5.32 Å². The van der Waals surface area contributed by atoms with Crippen LogP contribution in [-0.4, -0.2) is 23.5 Å². The highest BCUT2D eigenvalue weighted by molar-refractivity contribution is 5.92. The zero-order chi connectivity index (χ0) is 15.1. The van der Waals surface area contributed by atoms with Crippen LogP contribution in [0.3, 0.4) is 0 Å². The Kier molecular flexibility index (Phi) is 5.97. The number of allylic oxidation sites excluding steroid dienone is 1. The molecular weight excluding hydrogens is 254 g/mol. The summed E-state index contributed by atoms with van der Waals surface area (Å²) in [6.07, 6.45) is 2.11. The number of benzene rings is 1. The number of carboxylic acids is 1. The van der Waals surface area contributed by atoms with Crippen molar-refractivity contribution in [1.82, 2.24) is 5.32 Å². The minimum absolute atomic E-state index is 0.133. The molecule has 0 bridgehead atoms. The second-order valence-electron chi connectivity index (χ2n) is 4.85. The van der Waals surface area contributed by atoms with Gasteiger partial charge in [0.15, 0.2) is 0 Å². The quantitative estimate of drug-likeness (QED) is 0.783. The Labute approximate surface area is 119 Å². The molecule has 0 aliphatic rings. The molecule has 1 aromatic carbocycles. The molecule has 0 aliphatic heterocycles. The standard InChI is InChI=1S/C16H21NO3/c1-4-11(2)15(18)17-10-14(16(19)20)9-13-8-6-5-7-12(13)3/h4-8,14H,9-10H2,1-3H3,(H,17,18)(H,19,20)/b11-4+/t14-/m0/s1. The van der Waals surface area contributed by atoms with Crippen molar-refractivity contribution in [2.45, 2.75) is 27.2 Å². The molecule has 0 aliphatic carbocycles. The van der Waals surface area contributed by atoms with Crippen LogP contribution in [0.5, 0.6) is 0 Å². The van der Waals surface area contributed by atoms with E-state index in [1.54, 1.807) is 19.9 Å². The normalized spacial score (nSPS) is 12.8. The second kappa shape index (κ2) is 7.48. The molecule has 1 rings (SSSR count). The van der Waals surface area contributed by atoms with Crippen molar-refractivity contribution in [2.24, 2.45) is 5.92 Å². The fraction of sp³-hybridized carbons (Fsp3) is 0.375. The summed E-state index contributed by atoms with van der Waals surface area (Å²) in [7, 11) is 0. The maximum atomic E-state index is 11.6. The number of aliphatic carboxylic acids is 1. The van der Waals surface area contributed by atoms with Crippen molar-refractivity contribution in [2.75, 3.05) is 6.54 Å². The van der Waals surface area contributed by atoms with Crippen molar-refractivity contribution >= 4 is 11.9 Å². The Balaban J connectivity index is 2.69. The van der Waals surface area contributed by atoms with Crippen molar-refractivity contribution in [1.29, 1.82) is 0 Å². The molecule has 2 N–H and O–H groups in total. The molecule has 0 fully saturated rings. The maximum Gasteiger partial charge on any atom is 0.308 e. The fourth-order valence-corrected chi connectivity index (χ4v) is 1.84. The van der Waals surface area contributed by atoms with Gasteiger partial charge in [-0.05, 0) is 38.3 Å². The van der Waals surface area contributed by atoms with E-state index in [1.165, 1.54) is 0 Å². The van der Waals surface area contributed by atoms with Crippen LogP contribution in [0.2, 0.25) is 0 Å². The van der Waals surface area contributed by atoms with E-state index in [4.69, 9.17) is 0 Å². The topological polar surface area (TPSA) is 66.4 Å². The predicted octanol–water partition coefficient (Wildman–Crippen LogP) is 2.32. The van der Waals surface area contributed by atoms with Crippen LogP contribution >= 0.6 is 0 Å². The minimum Gasteiger partial charge on any atom is -0.481 e. The third kappa shape index (κ3) is 4.53. The fourth-order valence-electron chi connectivity index (χ4n) is 1.84. The molecule has 1 amide bonds. The van der Waals surface area contributed by atoms with Gasteiger partial charge in [0.25, 0.3) is 0 Å². The van der Waals surface area contributed by atoms with Gasteiger partial charge in [-0.25, -0.2) is 0 Å². The first-order valence-corrected chi connectivity index (χ1v) is 6.64. The Hall–Kier alpha value is -2.10. The molecule has 20 heavy (non-hydrogen) atoms. The molecule has 0 spiro atoms. The molecule has 1 atom stereocenters. The summed E-state index contributed by atoms with van der Waals surface area (Å²) in [5.74, 6) is -1.74. The Morgan fingerprint density at radius 3 is 2.55 bits per heavy atom.